The van der Waals surface area contributed by atoms with Crippen LogP contribution in [0, 0.1) is 5.92 Å². The first-order chi connectivity index (χ1) is 10.7. The quantitative estimate of drug-likeness (QED) is 0.827. The van der Waals surface area contributed by atoms with E-state index in [1.165, 1.54) is 36.0 Å². The minimum absolute atomic E-state index is 0.515. The van der Waals surface area contributed by atoms with Gasteiger partial charge in [0.25, 0.3) is 0 Å². The predicted molar refractivity (Wildman–Crippen MR) is 94.1 cm³/mol. The molecule has 0 saturated carbocycles. The predicted octanol–water partition coefficient (Wildman–Crippen LogP) is 5.09. The lowest BCUT2D eigenvalue weighted by Gasteiger charge is -2.32. The van der Waals surface area contributed by atoms with Gasteiger partial charge >= 0.3 is 0 Å². The third-order valence-corrected chi connectivity index (χ3v) is 4.87. The van der Waals surface area contributed by atoms with Crippen LogP contribution in [0.4, 0.5) is 0 Å². The number of rotatable bonds is 4. The lowest BCUT2D eigenvalue weighted by atomic mass is 9.82. The van der Waals surface area contributed by atoms with Crippen molar-refractivity contribution < 1.29 is 0 Å². The molecule has 2 aromatic rings. The van der Waals surface area contributed by atoms with Crippen molar-refractivity contribution in [3.8, 4) is 0 Å². The first-order valence-electron chi connectivity index (χ1n) is 8.60. The summed E-state index contributed by atoms with van der Waals surface area (Å²) in [6.07, 6.45) is 3.75. The van der Waals surface area contributed by atoms with E-state index in [-0.39, 0.29) is 0 Å². The average Bonchev–Trinajstić information content (AvgIpc) is 2.56. The van der Waals surface area contributed by atoms with E-state index >= 15 is 0 Å². The second kappa shape index (κ2) is 7.11. The summed E-state index contributed by atoms with van der Waals surface area (Å²) in [5.74, 6) is 1.38. The van der Waals surface area contributed by atoms with Gasteiger partial charge in [-0.05, 0) is 54.3 Å². The van der Waals surface area contributed by atoms with Gasteiger partial charge in [-0.1, -0.05) is 68.4 Å². The SMILES string of the molecule is CC(C)c1ccccc1C1CC(Cc2ccccc2)CCN1. The van der Waals surface area contributed by atoms with Gasteiger partial charge in [-0.2, -0.15) is 0 Å². The van der Waals surface area contributed by atoms with Gasteiger partial charge in [-0.25, -0.2) is 0 Å². The smallest absolute Gasteiger partial charge is 0.0325 e. The highest BCUT2D eigenvalue weighted by molar-refractivity contribution is 5.33. The van der Waals surface area contributed by atoms with Gasteiger partial charge in [-0.3, -0.25) is 0 Å². The second-order valence-corrected chi connectivity index (χ2v) is 6.87. The Morgan fingerprint density at radius 3 is 2.50 bits per heavy atom. The van der Waals surface area contributed by atoms with Crippen LogP contribution in [-0.2, 0) is 6.42 Å². The topological polar surface area (TPSA) is 12.0 Å². The minimum Gasteiger partial charge on any atom is -0.310 e. The standard InChI is InChI=1S/C21H27N/c1-16(2)19-10-6-7-11-20(19)21-15-18(12-13-22-21)14-17-8-4-3-5-9-17/h3-11,16,18,21-22H,12-15H2,1-2H3. The Labute approximate surface area is 134 Å². The fourth-order valence-corrected chi connectivity index (χ4v) is 3.72. The summed E-state index contributed by atoms with van der Waals surface area (Å²) in [7, 11) is 0. The van der Waals surface area contributed by atoms with Gasteiger partial charge in [0.05, 0.1) is 0 Å². The number of nitrogens with one attached hydrogen (secondary N) is 1. The minimum atomic E-state index is 0.515. The fraction of sp³-hybridized carbons (Fsp3) is 0.429. The third kappa shape index (κ3) is 3.59. The maximum atomic E-state index is 3.75. The fourth-order valence-electron chi connectivity index (χ4n) is 3.72. The first kappa shape index (κ1) is 15.3. The zero-order chi connectivity index (χ0) is 15.4. The molecule has 116 valence electrons. The van der Waals surface area contributed by atoms with Crippen LogP contribution < -0.4 is 5.32 Å². The van der Waals surface area contributed by atoms with Gasteiger partial charge in [0.2, 0.25) is 0 Å². The van der Waals surface area contributed by atoms with Crippen LogP contribution in [0.3, 0.4) is 0 Å². The molecule has 0 aliphatic carbocycles. The van der Waals surface area contributed by atoms with E-state index < -0.39 is 0 Å². The molecule has 0 bridgehead atoms. The molecule has 1 N–H and O–H groups in total. The zero-order valence-electron chi connectivity index (χ0n) is 13.8. The number of hydrogen-bond acceptors (Lipinski definition) is 1. The summed E-state index contributed by atoms with van der Waals surface area (Å²) >= 11 is 0. The zero-order valence-corrected chi connectivity index (χ0v) is 13.8. The van der Waals surface area contributed by atoms with E-state index in [9.17, 15) is 0 Å². The highest BCUT2D eigenvalue weighted by Crippen LogP contribution is 2.33. The second-order valence-electron chi connectivity index (χ2n) is 6.87. The van der Waals surface area contributed by atoms with Crippen LogP contribution >= 0.6 is 0 Å². The summed E-state index contributed by atoms with van der Waals surface area (Å²) in [4.78, 5) is 0. The maximum Gasteiger partial charge on any atom is 0.0325 e. The Kier molecular flexibility index (Phi) is 4.94. The van der Waals surface area contributed by atoms with Crippen molar-refractivity contribution in [2.24, 2.45) is 5.92 Å². The van der Waals surface area contributed by atoms with E-state index in [0.29, 0.717) is 12.0 Å². The molecule has 1 saturated heterocycles. The van der Waals surface area contributed by atoms with Crippen LogP contribution in [-0.4, -0.2) is 6.54 Å². The molecule has 1 nitrogen and oxygen atoms in total. The molecule has 22 heavy (non-hydrogen) atoms. The molecular formula is C21H27N. The Hall–Kier alpha value is -1.60. The molecule has 0 radical (unpaired) electrons. The van der Waals surface area contributed by atoms with E-state index in [0.717, 1.165) is 12.5 Å². The van der Waals surface area contributed by atoms with Crippen LogP contribution in [0.5, 0.6) is 0 Å². The summed E-state index contributed by atoms with van der Waals surface area (Å²) in [5.41, 5.74) is 4.49. The molecule has 1 heteroatoms. The van der Waals surface area contributed by atoms with E-state index in [2.05, 4.69) is 73.8 Å². The summed E-state index contributed by atoms with van der Waals surface area (Å²) < 4.78 is 0. The van der Waals surface area contributed by atoms with Crippen LogP contribution in [0.1, 0.15) is 55.3 Å². The molecule has 2 unspecified atom stereocenters. The Morgan fingerprint density at radius 1 is 1.00 bits per heavy atom. The van der Waals surface area contributed by atoms with Crippen molar-refractivity contribution in [3.05, 3.63) is 71.3 Å². The first-order valence-corrected chi connectivity index (χ1v) is 8.60. The molecule has 1 heterocycles. The molecule has 0 aromatic heterocycles. The molecule has 0 amide bonds. The largest absolute Gasteiger partial charge is 0.310 e. The van der Waals surface area contributed by atoms with Crippen molar-refractivity contribution >= 4 is 0 Å². The molecule has 1 aliphatic heterocycles. The molecule has 0 spiro atoms. The van der Waals surface area contributed by atoms with Gasteiger partial charge < -0.3 is 5.32 Å². The van der Waals surface area contributed by atoms with Crippen LogP contribution in [0.2, 0.25) is 0 Å². The van der Waals surface area contributed by atoms with Crippen molar-refractivity contribution in [1.82, 2.24) is 5.32 Å². The van der Waals surface area contributed by atoms with Crippen LogP contribution in [0.15, 0.2) is 54.6 Å². The van der Waals surface area contributed by atoms with Gasteiger partial charge in [-0.15, -0.1) is 0 Å². The number of piperidine rings is 1. The Morgan fingerprint density at radius 2 is 1.73 bits per heavy atom. The molecular weight excluding hydrogens is 266 g/mol. The van der Waals surface area contributed by atoms with Gasteiger partial charge in [0.15, 0.2) is 0 Å². The molecule has 1 fully saturated rings. The lowest BCUT2D eigenvalue weighted by molar-refractivity contribution is 0.303. The van der Waals surface area contributed by atoms with Crippen molar-refractivity contribution in [1.29, 1.82) is 0 Å². The van der Waals surface area contributed by atoms with E-state index in [1.54, 1.807) is 0 Å². The maximum absolute atomic E-state index is 3.75. The normalized spacial score (nSPS) is 22.0. The molecule has 3 rings (SSSR count). The summed E-state index contributed by atoms with van der Waals surface area (Å²) in [5, 5.41) is 3.75. The summed E-state index contributed by atoms with van der Waals surface area (Å²) in [6.45, 7) is 5.72. The van der Waals surface area contributed by atoms with Crippen molar-refractivity contribution in [3.63, 3.8) is 0 Å². The van der Waals surface area contributed by atoms with E-state index in [1.807, 2.05) is 0 Å². The monoisotopic (exact) mass is 293 g/mol. The summed E-state index contributed by atoms with van der Waals surface area (Å²) in [6, 6.07) is 20.4. The molecule has 1 aliphatic rings. The number of hydrogen-bond donors (Lipinski definition) is 1. The van der Waals surface area contributed by atoms with Crippen molar-refractivity contribution in [2.45, 2.75) is 45.1 Å². The van der Waals surface area contributed by atoms with Crippen molar-refractivity contribution in [2.75, 3.05) is 6.54 Å². The van der Waals surface area contributed by atoms with Gasteiger partial charge in [0.1, 0.15) is 0 Å². The highest BCUT2D eigenvalue weighted by Gasteiger charge is 2.24. The molecule has 2 aromatic carbocycles. The average molecular weight is 293 g/mol. The lowest BCUT2D eigenvalue weighted by Crippen LogP contribution is -2.33. The van der Waals surface area contributed by atoms with Gasteiger partial charge in [0, 0.05) is 6.04 Å². The highest BCUT2D eigenvalue weighted by atomic mass is 14.9. The Balaban J connectivity index is 1.73. The van der Waals surface area contributed by atoms with Crippen LogP contribution in [0.25, 0.3) is 0 Å². The third-order valence-electron chi connectivity index (χ3n) is 4.87. The molecule has 2 atom stereocenters. The Bertz CT molecular complexity index is 588. The number of benzene rings is 2. The van der Waals surface area contributed by atoms with E-state index in [4.69, 9.17) is 0 Å².